The van der Waals surface area contributed by atoms with Crippen LogP contribution in [0.1, 0.15) is 29.2 Å². The van der Waals surface area contributed by atoms with Gasteiger partial charge < -0.3 is 14.4 Å². The first-order valence-electron chi connectivity index (χ1n) is 8.58. The molecule has 0 saturated heterocycles. The summed E-state index contributed by atoms with van der Waals surface area (Å²) in [5.74, 6) is 5.40. The van der Waals surface area contributed by atoms with Crippen LogP contribution in [0.3, 0.4) is 0 Å². The van der Waals surface area contributed by atoms with Crippen molar-refractivity contribution in [1.29, 1.82) is 0 Å². The summed E-state index contributed by atoms with van der Waals surface area (Å²) in [4.78, 5) is 22.1. The van der Waals surface area contributed by atoms with Crippen LogP contribution in [0, 0.1) is 18.8 Å². The lowest BCUT2D eigenvalue weighted by molar-refractivity contribution is -0.132. The largest absolute Gasteiger partial charge is 0.464 e. The number of nitrogens with zero attached hydrogens (tertiary/aromatic N) is 2. The average molecular weight is 378 g/mol. The van der Waals surface area contributed by atoms with Crippen LogP contribution in [0.5, 0.6) is 0 Å². The Bertz CT molecular complexity index is 952. The van der Waals surface area contributed by atoms with Crippen LogP contribution in [-0.4, -0.2) is 31.6 Å². The van der Waals surface area contributed by atoms with E-state index in [0.29, 0.717) is 16.8 Å². The number of carbonyl (C=O) groups excluding carboxylic acids is 1. The van der Waals surface area contributed by atoms with Gasteiger partial charge in [-0.1, -0.05) is 52.6 Å². The summed E-state index contributed by atoms with van der Waals surface area (Å²) in [6, 6.07) is 15.1. The Balaban J connectivity index is 2.12. The molecule has 0 N–H and O–H groups in total. The fourth-order valence-corrected chi connectivity index (χ4v) is 2.37. The molecule has 0 aliphatic rings. The van der Waals surface area contributed by atoms with E-state index in [0.717, 1.165) is 11.1 Å². The number of hydrogen-bond donors (Lipinski definition) is 0. The van der Waals surface area contributed by atoms with Crippen molar-refractivity contribution in [2.75, 3.05) is 14.2 Å². The highest BCUT2D eigenvalue weighted by molar-refractivity contribution is 6.43. The minimum Gasteiger partial charge on any atom is -0.464 e. The fraction of sp³-hybridized carbons (Fsp3) is 0.227. The molecular weight excluding hydrogens is 356 g/mol. The van der Waals surface area contributed by atoms with Crippen molar-refractivity contribution in [3.05, 3.63) is 70.8 Å². The number of ether oxygens (including phenoxy) is 1. The molecule has 0 saturated carbocycles. The monoisotopic (exact) mass is 378 g/mol. The molecule has 2 rings (SSSR count). The normalized spacial score (nSPS) is 11.3. The third-order valence-corrected chi connectivity index (χ3v) is 3.66. The molecule has 0 spiro atoms. The van der Waals surface area contributed by atoms with Crippen LogP contribution >= 0.6 is 0 Å². The van der Waals surface area contributed by atoms with Crippen LogP contribution in [0.2, 0.25) is 0 Å². The van der Waals surface area contributed by atoms with Gasteiger partial charge in [0.2, 0.25) is 0 Å². The molecule has 0 unspecified atom stereocenters. The summed E-state index contributed by atoms with van der Waals surface area (Å²) < 4.78 is 4.76. The molecule has 2 aromatic carbocycles. The first-order valence-corrected chi connectivity index (χ1v) is 8.58. The van der Waals surface area contributed by atoms with E-state index in [4.69, 9.17) is 14.4 Å². The number of carbonyl (C=O) groups is 1. The van der Waals surface area contributed by atoms with Crippen LogP contribution < -0.4 is 0 Å². The van der Waals surface area contributed by atoms with Crippen molar-refractivity contribution in [2.24, 2.45) is 10.3 Å². The van der Waals surface area contributed by atoms with Gasteiger partial charge in [-0.2, -0.15) is 0 Å². The van der Waals surface area contributed by atoms with E-state index >= 15 is 0 Å². The molecule has 144 valence electrons. The van der Waals surface area contributed by atoms with Gasteiger partial charge in [-0.3, -0.25) is 0 Å². The molecule has 0 aliphatic heterocycles. The van der Waals surface area contributed by atoms with E-state index in [1.165, 1.54) is 14.2 Å². The summed E-state index contributed by atoms with van der Waals surface area (Å²) in [6.45, 7) is 3.92. The van der Waals surface area contributed by atoms with Crippen LogP contribution in [-0.2, 0) is 25.8 Å². The number of hydrogen-bond acceptors (Lipinski definition) is 6. The maximum atomic E-state index is 12.0. The van der Waals surface area contributed by atoms with Gasteiger partial charge in [-0.15, -0.1) is 0 Å². The third-order valence-electron chi connectivity index (χ3n) is 3.66. The van der Waals surface area contributed by atoms with E-state index in [-0.39, 0.29) is 12.3 Å². The maximum absolute atomic E-state index is 12.0. The van der Waals surface area contributed by atoms with E-state index in [9.17, 15) is 4.79 Å². The number of aryl methyl sites for hydroxylation is 1. The van der Waals surface area contributed by atoms with E-state index in [1.807, 2.05) is 43.3 Å². The van der Waals surface area contributed by atoms with Gasteiger partial charge in [-0.25, -0.2) is 4.79 Å². The molecule has 0 heterocycles. The zero-order chi connectivity index (χ0) is 20.4. The van der Waals surface area contributed by atoms with Gasteiger partial charge in [0, 0.05) is 16.7 Å². The molecule has 0 atom stereocenters. The lowest BCUT2D eigenvalue weighted by Crippen LogP contribution is -2.19. The zero-order valence-corrected chi connectivity index (χ0v) is 16.4. The summed E-state index contributed by atoms with van der Waals surface area (Å²) in [5.41, 5.74) is 3.93. The van der Waals surface area contributed by atoms with Crippen LogP contribution in [0.15, 0.2) is 58.8 Å². The van der Waals surface area contributed by atoms with Gasteiger partial charge in [0.05, 0.1) is 7.11 Å². The quantitative estimate of drug-likeness (QED) is 0.334. The highest BCUT2D eigenvalue weighted by Gasteiger charge is 2.19. The van der Waals surface area contributed by atoms with E-state index < -0.39 is 5.97 Å². The van der Waals surface area contributed by atoms with Crippen molar-refractivity contribution < 1.29 is 19.2 Å². The Hall–Kier alpha value is -3.59. The average Bonchev–Trinajstić information content (AvgIpc) is 2.70. The molecule has 28 heavy (non-hydrogen) atoms. The predicted molar refractivity (Wildman–Crippen MR) is 108 cm³/mol. The first kappa shape index (κ1) is 20.7. The third kappa shape index (κ3) is 5.99. The lowest BCUT2D eigenvalue weighted by atomic mass is 10.0. The maximum Gasteiger partial charge on any atom is 0.360 e. The highest BCUT2D eigenvalue weighted by Crippen LogP contribution is 2.13. The van der Waals surface area contributed by atoms with Gasteiger partial charge in [0.25, 0.3) is 0 Å². The Morgan fingerprint density at radius 1 is 1.07 bits per heavy atom. The fourth-order valence-electron chi connectivity index (χ4n) is 2.37. The predicted octanol–water partition coefficient (Wildman–Crippen LogP) is 3.46. The topological polar surface area (TPSA) is 69.5 Å². The standard InChI is InChI=1S/C22H22N2O4/c1-16-8-7-9-18(14-16)13-12-17(2)23-28-15-19-10-5-6-11-20(19)21(24-27-4)22(25)26-3/h5-11,14H,15H2,1-4H3/b23-17+,24-21+. The van der Waals surface area contributed by atoms with Gasteiger partial charge in [0.1, 0.15) is 19.4 Å². The molecule has 0 amide bonds. The molecule has 0 radical (unpaired) electrons. The van der Waals surface area contributed by atoms with Crippen molar-refractivity contribution >= 4 is 17.4 Å². The number of oxime groups is 2. The minimum atomic E-state index is -0.599. The summed E-state index contributed by atoms with van der Waals surface area (Å²) in [6.07, 6.45) is 0. The minimum absolute atomic E-state index is 0.0594. The van der Waals surface area contributed by atoms with Crippen LogP contribution in [0.25, 0.3) is 0 Å². The Morgan fingerprint density at radius 3 is 2.57 bits per heavy atom. The van der Waals surface area contributed by atoms with E-state index in [2.05, 4.69) is 22.2 Å². The Kier molecular flexibility index (Phi) is 7.79. The molecule has 0 aliphatic carbocycles. The molecule has 2 aromatic rings. The number of esters is 1. The van der Waals surface area contributed by atoms with Crippen molar-refractivity contribution in [2.45, 2.75) is 20.5 Å². The van der Waals surface area contributed by atoms with Gasteiger partial charge in [0.15, 0.2) is 5.71 Å². The van der Waals surface area contributed by atoms with Crippen molar-refractivity contribution in [1.82, 2.24) is 0 Å². The second-order valence-electron chi connectivity index (χ2n) is 5.84. The highest BCUT2D eigenvalue weighted by atomic mass is 16.6. The SMILES string of the molecule is CO/N=C(/C(=O)OC)c1ccccc1CO/N=C(\C)C#Cc1cccc(C)c1. The number of benzene rings is 2. The van der Waals surface area contributed by atoms with Gasteiger partial charge >= 0.3 is 5.97 Å². The molecule has 0 aromatic heterocycles. The number of rotatable bonds is 6. The Labute approximate surface area is 164 Å². The smallest absolute Gasteiger partial charge is 0.360 e. The lowest BCUT2D eigenvalue weighted by Gasteiger charge is -2.09. The van der Waals surface area contributed by atoms with Crippen LogP contribution in [0.4, 0.5) is 0 Å². The molecular formula is C22H22N2O4. The van der Waals surface area contributed by atoms with Crippen molar-refractivity contribution in [3.8, 4) is 11.8 Å². The summed E-state index contributed by atoms with van der Waals surface area (Å²) in [5, 5.41) is 7.79. The number of methoxy groups -OCH3 is 1. The zero-order valence-electron chi connectivity index (χ0n) is 16.4. The molecule has 6 heteroatoms. The summed E-state index contributed by atoms with van der Waals surface area (Å²) >= 11 is 0. The second-order valence-corrected chi connectivity index (χ2v) is 5.84. The van der Waals surface area contributed by atoms with E-state index in [1.54, 1.807) is 19.1 Å². The second kappa shape index (κ2) is 10.5. The first-order chi connectivity index (χ1) is 13.5. The summed E-state index contributed by atoms with van der Waals surface area (Å²) in [7, 11) is 2.65. The molecule has 0 fully saturated rings. The van der Waals surface area contributed by atoms with Gasteiger partial charge in [-0.05, 0) is 37.5 Å². The van der Waals surface area contributed by atoms with Crippen molar-refractivity contribution in [3.63, 3.8) is 0 Å². The molecule has 0 bridgehead atoms. The Morgan fingerprint density at radius 2 is 1.86 bits per heavy atom. The molecule has 6 nitrogen and oxygen atoms in total.